The Hall–Kier alpha value is -2.97. The van der Waals surface area contributed by atoms with Gasteiger partial charge in [-0.05, 0) is 37.3 Å². The predicted molar refractivity (Wildman–Crippen MR) is 113 cm³/mol. The molecular weight excluding hydrogens is 441 g/mol. The molecule has 0 saturated carbocycles. The van der Waals surface area contributed by atoms with Crippen LogP contribution in [-0.2, 0) is 6.54 Å². The summed E-state index contributed by atoms with van der Waals surface area (Å²) in [7, 11) is 0. The molecule has 1 saturated heterocycles. The number of piperidine rings is 1. The summed E-state index contributed by atoms with van der Waals surface area (Å²) in [5.41, 5.74) is 8.48. The highest BCUT2D eigenvalue weighted by molar-refractivity contribution is 7.17. The number of nitrogens with zero attached hydrogens (tertiary/aromatic N) is 5. The number of halogens is 3. The van der Waals surface area contributed by atoms with Crippen LogP contribution in [0.25, 0.3) is 16.0 Å². The highest BCUT2D eigenvalue weighted by Crippen LogP contribution is 2.38. The number of aromatic nitrogens is 3. The van der Waals surface area contributed by atoms with Crippen molar-refractivity contribution in [1.29, 1.82) is 5.26 Å². The van der Waals surface area contributed by atoms with Gasteiger partial charge in [0.2, 0.25) is 0 Å². The molecule has 0 radical (unpaired) electrons. The number of thiazole rings is 1. The van der Waals surface area contributed by atoms with Crippen molar-refractivity contribution in [2.24, 2.45) is 5.73 Å². The normalized spacial score (nSPS) is 19.3. The molecule has 11 heteroatoms. The van der Waals surface area contributed by atoms with Gasteiger partial charge in [-0.2, -0.15) is 23.5 Å². The fourth-order valence-electron chi connectivity index (χ4n) is 3.83. The molecule has 3 heterocycles. The number of nitrogens with two attached hydrogens (primary N) is 1. The molecule has 7 nitrogen and oxygen atoms in total. The summed E-state index contributed by atoms with van der Waals surface area (Å²) in [5, 5.41) is 13.2. The Morgan fingerprint density at radius 2 is 2.16 bits per heavy atom. The number of hydrogen-bond donors (Lipinski definition) is 1. The lowest BCUT2D eigenvalue weighted by Gasteiger charge is -2.30. The number of carbonyl (C=O) groups excluding carboxylic acids is 1. The van der Waals surface area contributed by atoms with Gasteiger partial charge in [-0.3, -0.25) is 9.48 Å². The summed E-state index contributed by atoms with van der Waals surface area (Å²) in [4.78, 5) is 19.9. The van der Waals surface area contributed by atoms with Gasteiger partial charge in [0.15, 0.2) is 5.01 Å². The molecule has 2 N–H and O–H groups in total. The molecule has 4 rings (SSSR count). The molecule has 0 unspecified atom stereocenters. The number of amides is 1. The Morgan fingerprint density at radius 3 is 2.81 bits per heavy atom. The summed E-state index contributed by atoms with van der Waals surface area (Å²) in [6, 6.07) is 2.04. The minimum Gasteiger partial charge on any atom is -0.335 e. The molecule has 1 aliphatic heterocycles. The lowest BCUT2D eigenvalue weighted by molar-refractivity contribution is -0.142. The molecular formula is C21H21F3N6OS. The largest absolute Gasteiger partial charge is 0.408 e. The van der Waals surface area contributed by atoms with Crippen molar-refractivity contribution < 1.29 is 18.0 Å². The third kappa shape index (κ3) is 4.92. The number of rotatable bonds is 4. The van der Waals surface area contributed by atoms with Crippen molar-refractivity contribution in [3.05, 3.63) is 40.8 Å². The van der Waals surface area contributed by atoms with E-state index < -0.39 is 12.7 Å². The van der Waals surface area contributed by atoms with Crippen LogP contribution in [0.15, 0.2) is 30.1 Å². The zero-order valence-corrected chi connectivity index (χ0v) is 17.9. The van der Waals surface area contributed by atoms with E-state index in [0.29, 0.717) is 47.6 Å². The minimum absolute atomic E-state index is 0.0807. The molecule has 1 amide bonds. The fraction of sp³-hybridized carbons (Fsp3) is 0.429. The zero-order valence-electron chi connectivity index (χ0n) is 17.1. The smallest absolute Gasteiger partial charge is 0.335 e. The average Bonchev–Trinajstić information content (AvgIpc) is 3.39. The van der Waals surface area contributed by atoms with Crippen LogP contribution in [0.2, 0.25) is 0 Å². The number of nitriles is 1. The van der Waals surface area contributed by atoms with Crippen LogP contribution >= 0.6 is 11.3 Å². The summed E-state index contributed by atoms with van der Waals surface area (Å²) in [5.74, 6) is -0.231. The number of alkyl halides is 3. The predicted octanol–water partition coefficient (Wildman–Crippen LogP) is 3.76. The Bertz CT molecular complexity index is 1120. The van der Waals surface area contributed by atoms with Gasteiger partial charge in [-0.25, -0.2) is 4.98 Å². The molecule has 2 aliphatic rings. The molecule has 1 atom stereocenters. The van der Waals surface area contributed by atoms with E-state index in [1.807, 2.05) is 0 Å². The quantitative estimate of drug-likeness (QED) is 0.746. The maximum Gasteiger partial charge on any atom is 0.408 e. The van der Waals surface area contributed by atoms with Gasteiger partial charge < -0.3 is 10.6 Å². The summed E-state index contributed by atoms with van der Waals surface area (Å²) in [6.45, 7) is -0.156. The third-order valence-corrected chi connectivity index (χ3v) is 6.48. The van der Waals surface area contributed by atoms with Gasteiger partial charge in [0.05, 0.1) is 22.8 Å². The maximum absolute atomic E-state index is 13.1. The van der Waals surface area contributed by atoms with Crippen molar-refractivity contribution >= 4 is 22.8 Å². The molecule has 0 bridgehead atoms. The first kappa shape index (κ1) is 22.2. The molecule has 1 aliphatic carbocycles. The fourth-order valence-corrected chi connectivity index (χ4v) is 4.88. The van der Waals surface area contributed by atoms with E-state index in [4.69, 9.17) is 11.0 Å². The summed E-state index contributed by atoms with van der Waals surface area (Å²) >= 11 is 1.14. The molecule has 0 aromatic carbocycles. The summed E-state index contributed by atoms with van der Waals surface area (Å²) < 4.78 is 39.1. The van der Waals surface area contributed by atoms with E-state index in [2.05, 4.69) is 16.2 Å². The monoisotopic (exact) mass is 462 g/mol. The number of allylic oxidation sites excluding steroid dienone is 4. The first-order chi connectivity index (χ1) is 15.2. The van der Waals surface area contributed by atoms with E-state index in [9.17, 15) is 18.0 Å². The van der Waals surface area contributed by atoms with Crippen LogP contribution in [0.4, 0.5) is 13.2 Å². The van der Waals surface area contributed by atoms with Gasteiger partial charge in [0, 0.05) is 36.5 Å². The van der Waals surface area contributed by atoms with Crippen molar-refractivity contribution in [1.82, 2.24) is 19.7 Å². The molecule has 168 valence electrons. The van der Waals surface area contributed by atoms with Crippen molar-refractivity contribution in [3.63, 3.8) is 0 Å². The second kappa shape index (κ2) is 8.88. The average molecular weight is 463 g/mol. The van der Waals surface area contributed by atoms with Crippen LogP contribution in [0.1, 0.15) is 41.2 Å². The van der Waals surface area contributed by atoms with Crippen LogP contribution in [0, 0.1) is 11.3 Å². The highest BCUT2D eigenvalue weighted by atomic mass is 32.1. The van der Waals surface area contributed by atoms with Gasteiger partial charge >= 0.3 is 6.18 Å². The Balaban J connectivity index is 1.71. The second-order valence-corrected chi connectivity index (χ2v) is 8.89. The Morgan fingerprint density at radius 1 is 1.34 bits per heavy atom. The molecule has 1 fully saturated rings. The molecule has 2 aromatic heterocycles. The van der Waals surface area contributed by atoms with Gasteiger partial charge in [0.1, 0.15) is 6.54 Å². The Labute approximate surface area is 186 Å². The van der Waals surface area contributed by atoms with Crippen molar-refractivity contribution in [2.75, 3.05) is 13.1 Å². The highest BCUT2D eigenvalue weighted by Gasteiger charge is 2.30. The van der Waals surface area contributed by atoms with Gasteiger partial charge in [0.25, 0.3) is 5.91 Å². The molecule has 0 spiro atoms. The Kier molecular flexibility index (Phi) is 6.17. The lowest BCUT2D eigenvalue weighted by atomic mass is 9.96. The van der Waals surface area contributed by atoms with Crippen LogP contribution in [-0.4, -0.2) is 50.9 Å². The first-order valence-electron chi connectivity index (χ1n) is 10.2. The molecule has 32 heavy (non-hydrogen) atoms. The zero-order chi connectivity index (χ0) is 22.9. The van der Waals surface area contributed by atoms with Gasteiger partial charge in [-0.15, -0.1) is 11.3 Å². The summed E-state index contributed by atoms with van der Waals surface area (Å²) in [6.07, 6.45) is 4.53. The van der Waals surface area contributed by atoms with E-state index in [-0.39, 0.29) is 17.0 Å². The van der Waals surface area contributed by atoms with E-state index in [1.54, 1.807) is 17.1 Å². The SMILES string of the molecule is N#CC1=CC=C(c2nc(C(=O)N3CCC[C@@H](N)C3)sc2-c2cnn(CC(F)(F)F)c2)CC1. The lowest BCUT2D eigenvalue weighted by Crippen LogP contribution is -2.45. The number of carbonyl (C=O) groups is 1. The van der Waals surface area contributed by atoms with Gasteiger partial charge in [-0.1, -0.05) is 6.08 Å². The standard InChI is InChI=1S/C21H21F3N6OS/c22-21(23,24)12-30-10-15(9-27-30)18-17(14-5-3-13(8-25)4-6-14)28-19(32-18)20(31)29-7-1-2-16(26)11-29/h3,5,9-10,16H,1-2,4,6-7,11-12,26H2/t16-/m1/s1. The third-order valence-electron chi connectivity index (χ3n) is 5.39. The topological polar surface area (TPSA) is 101 Å². The van der Waals surface area contributed by atoms with Crippen LogP contribution in [0.5, 0.6) is 0 Å². The molecule has 2 aromatic rings. The number of likely N-dealkylation sites (tertiary alicyclic amines) is 1. The minimum atomic E-state index is -4.39. The first-order valence-corrected chi connectivity index (χ1v) is 11.0. The maximum atomic E-state index is 13.1. The van der Waals surface area contributed by atoms with Crippen molar-refractivity contribution in [3.8, 4) is 16.5 Å². The van der Waals surface area contributed by atoms with Crippen LogP contribution in [0.3, 0.4) is 0 Å². The van der Waals surface area contributed by atoms with Crippen molar-refractivity contribution in [2.45, 2.75) is 44.4 Å². The van der Waals surface area contributed by atoms with E-state index >= 15 is 0 Å². The van der Waals surface area contributed by atoms with E-state index in [0.717, 1.165) is 34.4 Å². The number of hydrogen-bond acceptors (Lipinski definition) is 6. The van der Waals surface area contributed by atoms with Crippen LogP contribution < -0.4 is 5.73 Å². The van der Waals surface area contributed by atoms with E-state index in [1.165, 1.54) is 12.4 Å². The second-order valence-electron chi connectivity index (χ2n) is 7.89.